The Morgan fingerprint density at radius 1 is 1.69 bits per heavy atom. The van der Waals surface area contributed by atoms with Crippen molar-refractivity contribution in [2.75, 3.05) is 0 Å². The minimum absolute atomic E-state index is 0.158. The topological polar surface area (TPSA) is 55.1 Å². The van der Waals surface area contributed by atoms with Crippen LogP contribution in [0.3, 0.4) is 0 Å². The van der Waals surface area contributed by atoms with Gasteiger partial charge in [-0.15, -0.1) is 0 Å². The van der Waals surface area contributed by atoms with Gasteiger partial charge in [-0.05, 0) is 18.8 Å². The zero-order valence-corrected chi connectivity index (χ0v) is 7.49. The summed E-state index contributed by atoms with van der Waals surface area (Å²) in [4.78, 5) is 11.4. The first-order chi connectivity index (χ1) is 6.27. The van der Waals surface area contributed by atoms with Gasteiger partial charge in [0.05, 0.1) is 6.20 Å². The third-order valence-corrected chi connectivity index (χ3v) is 2.60. The molecule has 1 aliphatic carbocycles. The Bertz CT molecular complexity index is 295. The van der Waals surface area contributed by atoms with Crippen molar-refractivity contribution in [1.29, 1.82) is 0 Å². The molecular formula is C9H12N2O2. The maximum absolute atomic E-state index is 11.4. The van der Waals surface area contributed by atoms with E-state index in [4.69, 9.17) is 4.52 Å². The zero-order valence-electron chi connectivity index (χ0n) is 7.49. The van der Waals surface area contributed by atoms with Gasteiger partial charge in [-0.25, -0.2) is 0 Å². The molecule has 1 amide bonds. The van der Waals surface area contributed by atoms with Crippen LogP contribution in [-0.4, -0.2) is 17.1 Å². The Balaban J connectivity index is 1.92. The standard InChI is InChI=1S/C9H12N2O2/c1-6-2-3-7(6)11-9(12)8-4-5-10-13-8/h4-7H,2-3H2,1H3,(H,11,12). The summed E-state index contributed by atoms with van der Waals surface area (Å²) in [5.74, 6) is 0.722. The number of carbonyl (C=O) groups excluding carboxylic acids is 1. The van der Waals surface area contributed by atoms with Gasteiger partial charge in [-0.3, -0.25) is 4.79 Å². The first kappa shape index (κ1) is 8.29. The van der Waals surface area contributed by atoms with Crippen LogP contribution < -0.4 is 5.32 Å². The average molecular weight is 180 g/mol. The van der Waals surface area contributed by atoms with E-state index in [-0.39, 0.29) is 5.91 Å². The predicted octanol–water partition coefficient (Wildman–Crippen LogP) is 1.20. The highest BCUT2D eigenvalue weighted by atomic mass is 16.5. The van der Waals surface area contributed by atoms with E-state index in [1.54, 1.807) is 6.07 Å². The number of hydrogen-bond acceptors (Lipinski definition) is 3. The van der Waals surface area contributed by atoms with Crippen molar-refractivity contribution in [3.63, 3.8) is 0 Å². The van der Waals surface area contributed by atoms with Crippen LogP contribution in [0.15, 0.2) is 16.8 Å². The van der Waals surface area contributed by atoms with Crippen LogP contribution in [0.1, 0.15) is 30.3 Å². The summed E-state index contributed by atoms with van der Waals surface area (Å²) in [5, 5.41) is 6.37. The molecule has 2 rings (SSSR count). The lowest BCUT2D eigenvalue weighted by atomic mass is 9.81. The minimum atomic E-state index is -0.158. The van der Waals surface area contributed by atoms with E-state index in [9.17, 15) is 4.79 Å². The van der Waals surface area contributed by atoms with Crippen LogP contribution in [0, 0.1) is 5.92 Å². The molecule has 0 radical (unpaired) electrons. The Morgan fingerprint density at radius 2 is 2.54 bits per heavy atom. The molecule has 1 N–H and O–H groups in total. The minimum Gasteiger partial charge on any atom is -0.351 e. The number of hydrogen-bond donors (Lipinski definition) is 1. The summed E-state index contributed by atoms with van der Waals surface area (Å²) >= 11 is 0. The van der Waals surface area contributed by atoms with Gasteiger partial charge in [0.15, 0.2) is 0 Å². The molecule has 0 saturated heterocycles. The largest absolute Gasteiger partial charge is 0.351 e. The first-order valence-corrected chi connectivity index (χ1v) is 4.49. The van der Waals surface area contributed by atoms with Crippen LogP contribution in [-0.2, 0) is 0 Å². The van der Waals surface area contributed by atoms with E-state index < -0.39 is 0 Å². The summed E-state index contributed by atoms with van der Waals surface area (Å²) in [6.45, 7) is 2.13. The molecule has 0 aromatic carbocycles. The molecule has 2 atom stereocenters. The molecule has 2 unspecified atom stereocenters. The molecule has 1 saturated carbocycles. The Kier molecular flexibility index (Phi) is 2.04. The molecule has 4 heteroatoms. The molecule has 0 aliphatic heterocycles. The van der Waals surface area contributed by atoms with Gasteiger partial charge in [0.25, 0.3) is 5.91 Å². The van der Waals surface area contributed by atoms with Gasteiger partial charge >= 0.3 is 0 Å². The van der Waals surface area contributed by atoms with Crippen molar-refractivity contribution < 1.29 is 9.32 Å². The number of nitrogens with one attached hydrogen (secondary N) is 1. The Morgan fingerprint density at radius 3 is 3.00 bits per heavy atom. The fourth-order valence-electron chi connectivity index (χ4n) is 1.45. The van der Waals surface area contributed by atoms with Crippen molar-refractivity contribution in [2.24, 2.45) is 5.92 Å². The monoisotopic (exact) mass is 180 g/mol. The molecule has 1 aromatic rings. The third-order valence-electron chi connectivity index (χ3n) is 2.60. The van der Waals surface area contributed by atoms with Crippen molar-refractivity contribution >= 4 is 5.91 Å². The van der Waals surface area contributed by atoms with Gasteiger partial charge in [0.1, 0.15) is 0 Å². The normalized spacial score (nSPS) is 26.5. The molecule has 0 bridgehead atoms. The van der Waals surface area contributed by atoms with E-state index in [2.05, 4.69) is 17.4 Å². The van der Waals surface area contributed by atoms with Gasteiger partial charge in [0.2, 0.25) is 5.76 Å². The van der Waals surface area contributed by atoms with Gasteiger partial charge in [-0.1, -0.05) is 12.1 Å². The lowest BCUT2D eigenvalue weighted by molar-refractivity contribution is 0.0847. The fraction of sp³-hybridized carbons (Fsp3) is 0.556. The van der Waals surface area contributed by atoms with E-state index >= 15 is 0 Å². The summed E-state index contributed by atoms with van der Waals surface area (Å²) in [5.41, 5.74) is 0. The predicted molar refractivity (Wildman–Crippen MR) is 46.2 cm³/mol. The Labute approximate surface area is 76.3 Å². The molecular weight excluding hydrogens is 168 g/mol. The van der Waals surface area contributed by atoms with Gasteiger partial charge in [0, 0.05) is 12.1 Å². The van der Waals surface area contributed by atoms with E-state index in [1.165, 1.54) is 12.6 Å². The fourth-order valence-corrected chi connectivity index (χ4v) is 1.45. The number of amides is 1. The van der Waals surface area contributed by atoms with Crippen molar-refractivity contribution in [3.8, 4) is 0 Å². The Hall–Kier alpha value is -1.32. The van der Waals surface area contributed by atoms with Gasteiger partial charge in [-0.2, -0.15) is 0 Å². The maximum atomic E-state index is 11.4. The highest BCUT2D eigenvalue weighted by molar-refractivity contribution is 5.91. The third kappa shape index (κ3) is 1.56. The molecule has 1 fully saturated rings. The van der Waals surface area contributed by atoms with Crippen molar-refractivity contribution in [3.05, 3.63) is 18.0 Å². The van der Waals surface area contributed by atoms with E-state index in [0.717, 1.165) is 6.42 Å². The number of aromatic nitrogens is 1. The number of carbonyl (C=O) groups is 1. The summed E-state index contributed by atoms with van der Waals surface area (Å²) < 4.78 is 4.74. The summed E-state index contributed by atoms with van der Waals surface area (Å²) in [6, 6.07) is 1.89. The summed E-state index contributed by atoms with van der Waals surface area (Å²) in [7, 11) is 0. The first-order valence-electron chi connectivity index (χ1n) is 4.49. The van der Waals surface area contributed by atoms with Crippen LogP contribution >= 0.6 is 0 Å². The molecule has 13 heavy (non-hydrogen) atoms. The van der Waals surface area contributed by atoms with E-state index in [1.807, 2.05) is 0 Å². The van der Waals surface area contributed by atoms with Gasteiger partial charge < -0.3 is 9.84 Å². The van der Waals surface area contributed by atoms with Crippen molar-refractivity contribution in [2.45, 2.75) is 25.8 Å². The van der Waals surface area contributed by atoms with Crippen molar-refractivity contribution in [1.82, 2.24) is 10.5 Å². The average Bonchev–Trinajstić information content (AvgIpc) is 2.64. The van der Waals surface area contributed by atoms with Crippen LogP contribution in [0.2, 0.25) is 0 Å². The molecule has 1 heterocycles. The quantitative estimate of drug-likeness (QED) is 0.744. The second-order valence-electron chi connectivity index (χ2n) is 3.51. The van der Waals surface area contributed by atoms with Crippen LogP contribution in [0.25, 0.3) is 0 Å². The lowest BCUT2D eigenvalue weighted by Gasteiger charge is -2.33. The second kappa shape index (κ2) is 3.20. The molecule has 1 aromatic heterocycles. The highest BCUT2D eigenvalue weighted by Gasteiger charge is 2.28. The van der Waals surface area contributed by atoms with Crippen LogP contribution in [0.5, 0.6) is 0 Å². The smallest absolute Gasteiger partial charge is 0.290 e. The molecule has 0 spiro atoms. The zero-order chi connectivity index (χ0) is 9.26. The molecule has 1 aliphatic rings. The lowest BCUT2D eigenvalue weighted by Crippen LogP contribution is -2.45. The second-order valence-corrected chi connectivity index (χ2v) is 3.51. The highest BCUT2D eigenvalue weighted by Crippen LogP contribution is 2.26. The summed E-state index contributed by atoms with van der Waals surface area (Å²) in [6.07, 6.45) is 3.74. The number of nitrogens with zero attached hydrogens (tertiary/aromatic N) is 1. The molecule has 4 nitrogen and oxygen atoms in total. The maximum Gasteiger partial charge on any atom is 0.290 e. The van der Waals surface area contributed by atoms with Crippen LogP contribution in [0.4, 0.5) is 0 Å². The molecule has 70 valence electrons. The number of rotatable bonds is 2. The van der Waals surface area contributed by atoms with E-state index in [0.29, 0.717) is 17.7 Å². The SMILES string of the molecule is CC1CCC1NC(=O)c1ccno1.